The van der Waals surface area contributed by atoms with E-state index in [-0.39, 0.29) is 35.7 Å². The molecule has 0 bridgehead atoms. The van der Waals surface area contributed by atoms with E-state index in [0.29, 0.717) is 12.5 Å². The van der Waals surface area contributed by atoms with Gasteiger partial charge in [-0.25, -0.2) is 4.99 Å². The average molecular weight is 454 g/mol. The highest BCUT2D eigenvalue weighted by Gasteiger charge is 2.08. The number of hydrogen-bond donors (Lipinski definition) is 2. The van der Waals surface area contributed by atoms with Gasteiger partial charge in [0.25, 0.3) is 5.69 Å². The molecule has 6 nitrogen and oxygen atoms in total. The number of nitrogens with one attached hydrogen (secondary N) is 2. The van der Waals surface area contributed by atoms with Crippen molar-refractivity contribution in [1.82, 2.24) is 10.6 Å². The minimum absolute atomic E-state index is 0. The Morgan fingerprint density at radius 1 is 1.20 bits per heavy atom. The summed E-state index contributed by atoms with van der Waals surface area (Å²) in [6.45, 7) is 5.17. The minimum Gasteiger partial charge on any atom is -0.357 e. The third-order valence-electron chi connectivity index (χ3n) is 3.54. The molecular weight excluding hydrogens is 431 g/mol. The lowest BCUT2D eigenvalue weighted by molar-refractivity contribution is -0.384. The molecule has 0 fully saturated rings. The van der Waals surface area contributed by atoms with Crippen molar-refractivity contribution in [3.05, 3.63) is 75.8 Å². The lowest BCUT2D eigenvalue weighted by Crippen LogP contribution is -2.38. The Kier molecular flexibility index (Phi) is 8.90. The first-order chi connectivity index (χ1) is 11.6. The number of rotatable bonds is 6. The first-order valence-corrected chi connectivity index (χ1v) is 7.93. The number of nitrogens with zero attached hydrogens (tertiary/aromatic N) is 2. The summed E-state index contributed by atoms with van der Waals surface area (Å²) < 4.78 is 0. The SMILES string of the molecule is CCNC(=NCc1cccc([N+](=O)[O-])c1)NC(C)c1ccccc1.I. The monoisotopic (exact) mass is 454 g/mol. The molecule has 134 valence electrons. The average Bonchev–Trinajstić information content (AvgIpc) is 2.61. The van der Waals surface area contributed by atoms with Gasteiger partial charge in [0.05, 0.1) is 17.5 Å². The summed E-state index contributed by atoms with van der Waals surface area (Å²) in [5.41, 5.74) is 2.05. The highest BCUT2D eigenvalue weighted by molar-refractivity contribution is 14.0. The largest absolute Gasteiger partial charge is 0.357 e. The first-order valence-electron chi connectivity index (χ1n) is 7.93. The minimum atomic E-state index is -0.395. The van der Waals surface area contributed by atoms with Crippen LogP contribution in [-0.4, -0.2) is 17.4 Å². The molecule has 0 heterocycles. The van der Waals surface area contributed by atoms with Crippen molar-refractivity contribution in [2.24, 2.45) is 4.99 Å². The van der Waals surface area contributed by atoms with E-state index in [1.165, 1.54) is 11.6 Å². The molecule has 2 rings (SSSR count). The fourth-order valence-corrected chi connectivity index (χ4v) is 2.29. The number of aliphatic imine (C=N–C) groups is 1. The van der Waals surface area contributed by atoms with Crippen LogP contribution in [-0.2, 0) is 6.54 Å². The van der Waals surface area contributed by atoms with Crippen LogP contribution in [0.3, 0.4) is 0 Å². The molecule has 2 N–H and O–H groups in total. The molecular formula is C18H23IN4O2. The van der Waals surface area contributed by atoms with Crippen molar-refractivity contribution >= 4 is 35.6 Å². The van der Waals surface area contributed by atoms with Crippen LogP contribution in [0.1, 0.15) is 31.0 Å². The normalized spacial score (nSPS) is 12.0. The van der Waals surface area contributed by atoms with Gasteiger partial charge in [-0.15, -0.1) is 24.0 Å². The molecule has 2 aromatic rings. The second kappa shape index (κ2) is 10.7. The molecule has 0 aliphatic carbocycles. The van der Waals surface area contributed by atoms with Crippen molar-refractivity contribution in [3.63, 3.8) is 0 Å². The van der Waals surface area contributed by atoms with Crippen LogP contribution in [0.2, 0.25) is 0 Å². The van der Waals surface area contributed by atoms with Gasteiger partial charge in [0, 0.05) is 18.7 Å². The summed E-state index contributed by atoms with van der Waals surface area (Å²) in [5, 5.41) is 17.4. The summed E-state index contributed by atoms with van der Waals surface area (Å²) in [7, 11) is 0. The molecule has 25 heavy (non-hydrogen) atoms. The molecule has 0 amide bonds. The van der Waals surface area contributed by atoms with Gasteiger partial charge in [0.2, 0.25) is 0 Å². The number of halogens is 1. The van der Waals surface area contributed by atoms with Gasteiger partial charge in [0.15, 0.2) is 5.96 Å². The van der Waals surface area contributed by atoms with Crippen LogP contribution in [0.25, 0.3) is 0 Å². The van der Waals surface area contributed by atoms with E-state index >= 15 is 0 Å². The van der Waals surface area contributed by atoms with Crippen molar-refractivity contribution in [2.45, 2.75) is 26.4 Å². The van der Waals surface area contributed by atoms with E-state index in [1.54, 1.807) is 12.1 Å². The number of nitro groups is 1. The number of hydrogen-bond acceptors (Lipinski definition) is 3. The Hall–Kier alpha value is -2.16. The van der Waals surface area contributed by atoms with Gasteiger partial charge < -0.3 is 10.6 Å². The van der Waals surface area contributed by atoms with Crippen LogP contribution in [0.4, 0.5) is 5.69 Å². The maximum absolute atomic E-state index is 10.8. The van der Waals surface area contributed by atoms with Gasteiger partial charge in [-0.3, -0.25) is 10.1 Å². The topological polar surface area (TPSA) is 79.6 Å². The van der Waals surface area contributed by atoms with Crippen molar-refractivity contribution < 1.29 is 4.92 Å². The van der Waals surface area contributed by atoms with E-state index in [1.807, 2.05) is 31.2 Å². The van der Waals surface area contributed by atoms with Crippen molar-refractivity contribution in [1.29, 1.82) is 0 Å². The summed E-state index contributed by atoms with van der Waals surface area (Å²) in [6.07, 6.45) is 0. The first kappa shape index (κ1) is 20.9. The van der Waals surface area contributed by atoms with Crippen LogP contribution in [0, 0.1) is 10.1 Å². The van der Waals surface area contributed by atoms with Crippen LogP contribution < -0.4 is 10.6 Å². The predicted octanol–water partition coefficient (Wildman–Crippen LogP) is 4.03. The number of non-ortho nitro benzene ring substituents is 1. The Bertz CT molecular complexity index is 707. The van der Waals surface area contributed by atoms with Crippen LogP contribution in [0.15, 0.2) is 59.6 Å². The number of nitro benzene ring substituents is 1. The van der Waals surface area contributed by atoms with E-state index in [2.05, 4.69) is 34.7 Å². The van der Waals surface area contributed by atoms with E-state index in [0.717, 1.165) is 12.1 Å². The molecule has 0 saturated carbocycles. The zero-order chi connectivity index (χ0) is 17.4. The Morgan fingerprint density at radius 2 is 1.92 bits per heavy atom. The Morgan fingerprint density at radius 3 is 2.56 bits per heavy atom. The molecule has 0 saturated heterocycles. The standard InChI is InChI=1S/C18H22N4O2.HI/c1-3-19-18(21-14(2)16-9-5-4-6-10-16)20-13-15-8-7-11-17(12-15)22(23)24;/h4-12,14H,3,13H2,1-2H3,(H2,19,20,21);1H. The highest BCUT2D eigenvalue weighted by Crippen LogP contribution is 2.14. The summed E-state index contributed by atoms with van der Waals surface area (Å²) >= 11 is 0. The maximum Gasteiger partial charge on any atom is 0.269 e. The molecule has 1 atom stereocenters. The quantitative estimate of drug-likeness (QED) is 0.227. The van der Waals surface area contributed by atoms with Crippen LogP contribution in [0.5, 0.6) is 0 Å². The van der Waals surface area contributed by atoms with Crippen molar-refractivity contribution in [2.75, 3.05) is 6.54 Å². The number of benzene rings is 2. The van der Waals surface area contributed by atoms with Crippen molar-refractivity contribution in [3.8, 4) is 0 Å². The lowest BCUT2D eigenvalue weighted by Gasteiger charge is -2.18. The lowest BCUT2D eigenvalue weighted by atomic mass is 10.1. The molecule has 7 heteroatoms. The Labute approximate surface area is 164 Å². The predicted molar refractivity (Wildman–Crippen MR) is 111 cm³/mol. The molecule has 0 radical (unpaired) electrons. The zero-order valence-corrected chi connectivity index (χ0v) is 16.6. The van der Waals surface area contributed by atoms with Gasteiger partial charge in [0.1, 0.15) is 0 Å². The fraction of sp³-hybridized carbons (Fsp3) is 0.278. The van der Waals surface area contributed by atoms with Crippen LogP contribution >= 0.6 is 24.0 Å². The summed E-state index contributed by atoms with van der Waals surface area (Å²) in [5.74, 6) is 0.681. The molecule has 1 unspecified atom stereocenters. The molecule has 0 aliphatic heterocycles. The fourth-order valence-electron chi connectivity index (χ4n) is 2.29. The highest BCUT2D eigenvalue weighted by atomic mass is 127. The van der Waals surface area contributed by atoms with Gasteiger partial charge in [-0.2, -0.15) is 0 Å². The summed E-state index contributed by atoms with van der Waals surface area (Å²) in [4.78, 5) is 15.0. The molecule has 0 spiro atoms. The van der Waals surface area contributed by atoms with Gasteiger partial charge in [-0.05, 0) is 25.0 Å². The van der Waals surface area contributed by atoms with E-state index < -0.39 is 4.92 Å². The molecule has 2 aromatic carbocycles. The summed E-state index contributed by atoms with van der Waals surface area (Å²) in [6, 6.07) is 16.7. The number of guanidine groups is 1. The second-order valence-electron chi connectivity index (χ2n) is 5.40. The Balaban J connectivity index is 0.00000312. The molecule has 0 aliphatic rings. The third kappa shape index (κ3) is 6.69. The van der Waals surface area contributed by atoms with Gasteiger partial charge in [-0.1, -0.05) is 42.5 Å². The smallest absolute Gasteiger partial charge is 0.269 e. The van der Waals surface area contributed by atoms with E-state index in [9.17, 15) is 10.1 Å². The second-order valence-corrected chi connectivity index (χ2v) is 5.40. The van der Waals surface area contributed by atoms with E-state index in [4.69, 9.17) is 0 Å². The van der Waals surface area contributed by atoms with Gasteiger partial charge >= 0.3 is 0 Å². The third-order valence-corrected chi connectivity index (χ3v) is 3.54. The molecule has 0 aromatic heterocycles. The zero-order valence-electron chi connectivity index (χ0n) is 14.3. The maximum atomic E-state index is 10.8.